The van der Waals surface area contributed by atoms with E-state index >= 15 is 0 Å². The minimum atomic E-state index is -0.484. The minimum absolute atomic E-state index is 0.00458. The van der Waals surface area contributed by atoms with Gasteiger partial charge in [-0.2, -0.15) is 5.10 Å². The van der Waals surface area contributed by atoms with Crippen molar-refractivity contribution in [1.29, 1.82) is 0 Å². The van der Waals surface area contributed by atoms with E-state index < -0.39 is 5.82 Å². The van der Waals surface area contributed by atoms with Crippen LogP contribution in [0.2, 0.25) is 0 Å². The number of carbonyl (C=O) groups is 1. The zero-order chi connectivity index (χ0) is 18.8. The molecule has 1 aliphatic heterocycles. The number of nitrogens with zero attached hydrogens (tertiary/aromatic N) is 1. The highest BCUT2D eigenvalue weighted by Crippen LogP contribution is 2.31. The van der Waals surface area contributed by atoms with E-state index in [1.165, 1.54) is 26.4 Å². The lowest BCUT2D eigenvalue weighted by molar-refractivity contribution is -0.00697. The molecule has 7 nitrogen and oxygen atoms in total. The lowest BCUT2D eigenvalue weighted by Crippen LogP contribution is -2.27. The molecule has 26 heavy (non-hydrogen) atoms. The Labute approximate surface area is 150 Å². The molecule has 0 bridgehead atoms. The highest BCUT2D eigenvalue weighted by molar-refractivity contribution is 5.94. The fraction of sp³-hybridized carbons (Fsp3) is 0.444. The molecule has 8 heteroatoms. The number of H-pyrrole nitrogens is 1. The van der Waals surface area contributed by atoms with Gasteiger partial charge in [-0.1, -0.05) is 0 Å². The number of aromatic amines is 1. The molecule has 0 aliphatic carbocycles. The lowest BCUT2D eigenvalue weighted by Gasteiger charge is -2.25. The predicted octanol–water partition coefficient (Wildman–Crippen LogP) is 2.52. The Balaban J connectivity index is 1.76. The van der Waals surface area contributed by atoms with Gasteiger partial charge >= 0.3 is 0 Å². The third kappa shape index (κ3) is 3.37. The van der Waals surface area contributed by atoms with Gasteiger partial charge in [-0.15, -0.1) is 0 Å². The van der Waals surface area contributed by atoms with E-state index in [1.54, 1.807) is 0 Å². The number of methoxy groups -OCH3 is 2. The van der Waals surface area contributed by atoms with E-state index in [0.29, 0.717) is 29.2 Å². The number of nitrogens with one attached hydrogen (secondary N) is 2. The summed E-state index contributed by atoms with van der Waals surface area (Å²) < 4.78 is 30.2. The molecule has 0 unspecified atom stereocenters. The molecule has 140 valence electrons. The number of amides is 1. The van der Waals surface area contributed by atoms with Crippen molar-refractivity contribution in [3.63, 3.8) is 0 Å². The summed E-state index contributed by atoms with van der Waals surface area (Å²) in [4.78, 5) is 12.5. The third-order valence-electron chi connectivity index (χ3n) is 4.44. The normalized spacial score (nSPS) is 19.0. The summed E-state index contributed by atoms with van der Waals surface area (Å²) >= 11 is 0. The van der Waals surface area contributed by atoms with Crippen molar-refractivity contribution in [2.75, 3.05) is 14.2 Å². The molecule has 1 aromatic heterocycles. The molecule has 0 saturated heterocycles. The molecule has 3 rings (SSSR count). The average molecular weight is 363 g/mol. The Bertz CT molecular complexity index is 821. The fourth-order valence-corrected chi connectivity index (χ4v) is 3.15. The van der Waals surface area contributed by atoms with Gasteiger partial charge in [0.15, 0.2) is 17.2 Å². The molecule has 2 N–H and O–H groups in total. The van der Waals surface area contributed by atoms with Crippen LogP contribution < -0.4 is 14.8 Å². The van der Waals surface area contributed by atoms with Gasteiger partial charge in [-0.05, 0) is 19.9 Å². The molecule has 2 aromatic rings. The highest BCUT2D eigenvalue weighted by atomic mass is 19.1. The van der Waals surface area contributed by atoms with E-state index in [-0.39, 0.29) is 24.7 Å². The second kappa shape index (κ2) is 7.33. The number of carbonyl (C=O) groups excluding carboxylic acids is 1. The zero-order valence-corrected chi connectivity index (χ0v) is 15.2. The molecule has 0 radical (unpaired) electrons. The Morgan fingerprint density at radius 1 is 1.35 bits per heavy atom. The number of hydrogen-bond acceptors (Lipinski definition) is 5. The Kier molecular flexibility index (Phi) is 5.13. The van der Waals surface area contributed by atoms with Crippen molar-refractivity contribution in [2.45, 2.75) is 39.0 Å². The number of aromatic nitrogens is 2. The maximum atomic E-state index is 14.2. The quantitative estimate of drug-likeness (QED) is 0.853. The van der Waals surface area contributed by atoms with E-state index in [2.05, 4.69) is 15.5 Å². The molecule has 1 amide bonds. The second-order valence-electron chi connectivity index (χ2n) is 6.24. The van der Waals surface area contributed by atoms with Crippen LogP contribution in [-0.4, -0.2) is 36.4 Å². The maximum absolute atomic E-state index is 14.2. The van der Waals surface area contributed by atoms with Crippen molar-refractivity contribution < 1.29 is 23.4 Å². The molecular weight excluding hydrogens is 341 g/mol. The summed E-state index contributed by atoms with van der Waals surface area (Å²) in [6.07, 6.45) is 0.458. The molecule has 2 atom stereocenters. The fourth-order valence-electron chi connectivity index (χ4n) is 3.15. The highest BCUT2D eigenvalue weighted by Gasteiger charge is 2.29. The first-order valence-electron chi connectivity index (χ1n) is 8.35. The van der Waals surface area contributed by atoms with Crippen LogP contribution in [0, 0.1) is 5.82 Å². The molecule has 2 heterocycles. The van der Waals surface area contributed by atoms with Gasteiger partial charge in [0, 0.05) is 30.2 Å². The van der Waals surface area contributed by atoms with Crippen LogP contribution in [0.4, 0.5) is 4.39 Å². The van der Waals surface area contributed by atoms with Crippen LogP contribution >= 0.6 is 0 Å². The summed E-state index contributed by atoms with van der Waals surface area (Å²) in [6, 6.07) is 2.74. The van der Waals surface area contributed by atoms with Crippen LogP contribution in [0.15, 0.2) is 12.1 Å². The van der Waals surface area contributed by atoms with Crippen molar-refractivity contribution in [3.05, 3.63) is 40.5 Å². The van der Waals surface area contributed by atoms with Crippen molar-refractivity contribution in [1.82, 2.24) is 15.5 Å². The summed E-state index contributed by atoms with van der Waals surface area (Å²) in [6.45, 7) is 3.87. The van der Waals surface area contributed by atoms with Gasteiger partial charge in [0.25, 0.3) is 5.91 Å². The first-order valence-corrected chi connectivity index (χ1v) is 8.35. The van der Waals surface area contributed by atoms with Gasteiger partial charge in [-0.25, -0.2) is 4.39 Å². The Morgan fingerprint density at radius 3 is 2.73 bits per heavy atom. The lowest BCUT2D eigenvalue weighted by atomic mass is 9.99. The minimum Gasteiger partial charge on any atom is -0.493 e. The number of hydrogen-bond donors (Lipinski definition) is 2. The number of ether oxygens (including phenoxy) is 3. The zero-order valence-electron chi connectivity index (χ0n) is 15.2. The summed E-state index contributed by atoms with van der Waals surface area (Å²) in [5.74, 6) is -0.153. The summed E-state index contributed by atoms with van der Waals surface area (Å²) in [5.41, 5.74) is 2.28. The summed E-state index contributed by atoms with van der Waals surface area (Å²) in [7, 11) is 2.91. The van der Waals surface area contributed by atoms with Crippen LogP contribution in [0.3, 0.4) is 0 Å². The largest absolute Gasteiger partial charge is 0.493 e. The van der Waals surface area contributed by atoms with Crippen LogP contribution in [-0.2, 0) is 17.7 Å². The van der Waals surface area contributed by atoms with E-state index in [4.69, 9.17) is 14.2 Å². The second-order valence-corrected chi connectivity index (χ2v) is 6.24. The first-order chi connectivity index (χ1) is 12.4. The number of halogens is 1. The number of fused-ring (bicyclic) bond motifs is 1. The third-order valence-corrected chi connectivity index (χ3v) is 4.44. The van der Waals surface area contributed by atoms with Crippen molar-refractivity contribution in [2.24, 2.45) is 0 Å². The van der Waals surface area contributed by atoms with Crippen molar-refractivity contribution >= 4 is 5.91 Å². The first kappa shape index (κ1) is 18.2. The van der Waals surface area contributed by atoms with Crippen LogP contribution in [0.5, 0.6) is 11.5 Å². The van der Waals surface area contributed by atoms with Gasteiger partial charge in [0.05, 0.1) is 32.1 Å². The molecule has 1 aliphatic rings. The standard InChI is InChI=1S/C18H22FN3O4/c1-9-5-12-16(10(2)26-9)21-22-17(12)18(23)20-8-11-6-14(24-3)15(25-4)7-13(11)19/h6-7,9-10H,5,8H2,1-4H3,(H,20,23)(H,21,22)/t9-,10+/m0/s1. The Hall–Kier alpha value is -2.61. The SMILES string of the molecule is COc1cc(F)c(CNC(=O)c2n[nH]c3c2C[C@H](C)O[C@@H]3C)cc1OC. The van der Waals surface area contributed by atoms with E-state index in [9.17, 15) is 9.18 Å². The smallest absolute Gasteiger partial charge is 0.272 e. The molecule has 0 spiro atoms. The van der Waals surface area contributed by atoms with E-state index in [1.807, 2.05) is 13.8 Å². The van der Waals surface area contributed by atoms with Crippen LogP contribution in [0.1, 0.15) is 47.3 Å². The van der Waals surface area contributed by atoms with Gasteiger partial charge < -0.3 is 19.5 Å². The van der Waals surface area contributed by atoms with Gasteiger partial charge in [-0.3, -0.25) is 9.89 Å². The van der Waals surface area contributed by atoms with Gasteiger partial charge in [0.2, 0.25) is 0 Å². The van der Waals surface area contributed by atoms with Gasteiger partial charge in [0.1, 0.15) is 5.82 Å². The Morgan fingerprint density at radius 2 is 2.04 bits per heavy atom. The molecule has 0 saturated carbocycles. The summed E-state index contributed by atoms with van der Waals surface area (Å²) in [5, 5.41) is 9.71. The molecule has 0 fully saturated rings. The number of rotatable bonds is 5. The maximum Gasteiger partial charge on any atom is 0.272 e. The van der Waals surface area contributed by atoms with Crippen molar-refractivity contribution in [3.8, 4) is 11.5 Å². The van der Waals surface area contributed by atoms with E-state index in [0.717, 1.165) is 11.3 Å². The molecule has 1 aromatic carbocycles. The molecular formula is C18H22FN3O4. The monoisotopic (exact) mass is 363 g/mol. The van der Waals surface area contributed by atoms with Crippen LogP contribution in [0.25, 0.3) is 0 Å². The predicted molar refractivity (Wildman–Crippen MR) is 91.9 cm³/mol. The topological polar surface area (TPSA) is 85.5 Å². The number of benzene rings is 1. The average Bonchev–Trinajstić information content (AvgIpc) is 3.04.